The summed E-state index contributed by atoms with van der Waals surface area (Å²) in [6, 6.07) is 5.36. The summed E-state index contributed by atoms with van der Waals surface area (Å²) in [5.41, 5.74) is 2.27. The summed E-state index contributed by atoms with van der Waals surface area (Å²) >= 11 is 7.59. The molecule has 2 aromatic heterocycles. The van der Waals surface area contributed by atoms with Crippen LogP contribution in [-0.4, -0.2) is 15.6 Å². The Balaban J connectivity index is 2.19. The molecule has 0 saturated carbocycles. The Labute approximate surface area is 129 Å². The van der Waals surface area contributed by atoms with Gasteiger partial charge in [0, 0.05) is 13.1 Å². The van der Waals surface area contributed by atoms with E-state index in [1.54, 1.807) is 13.0 Å². The molecule has 5 nitrogen and oxygen atoms in total. The maximum atomic E-state index is 12.1. The van der Waals surface area contributed by atoms with Crippen molar-refractivity contribution in [1.29, 1.82) is 0 Å². The molecule has 21 heavy (non-hydrogen) atoms. The number of carbonyl (C=O) groups excluding carboxylic acids is 1. The van der Waals surface area contributed by atoms with Crippen LogP contribution in [0.2, 0.25) is 5.02 Å². The van der Waals surface area contributed by atoms with Crippen molar-refractivity contribution in [2.24, 2.45) is 12.0 Å². The summed E-state index contributed by atoms with van der Waals surface area (Å²) in [4.78, 5) is 16.8. The molecule has 0 spiro atoms. The van der Waals surface area contributed by atoms with E-state index in [0.29, 0.717) is 15.6 Å². The standard InChI is InChI=1S/C14H12ClN3O2S/c1-7-4-5-9(15)12-11(7)18(3)14(21-12)16-13(19)10-6-8(2)20-17-10/h4-6H,1-3H3. The molecule has 0 radical (unpaired) electrons. The van der Waals surface area contributed by atoms with E-state index in [4.69, 9.17) is 16.1 Å². The lowest BCUT2D eigenvalue weighted by Crippen LogP contribution is -2.13. The molecule has 7 heteroatoms. The highest BCUT2D eigenvalue weighted by molar-refractivity contribution is 7.17. The van der Waals surface area contributed by atoms with Gasteiger partial charge in [-0.2, -0.15) is 4.99 Å². The fourth-order valence-electron chi connectivity index (χ4n) is 2.12. The van der Waals surface area contributed by atoms with Crippen molar-refractivity contribution >= 4 is 39.1 Å². The number of hydrogen-bond donors (Lipinski definition) is 0. The van der Waals surface area contributed by atoms with E-state index in [0.717, 1.165) is 15.8 Å². The van der Waals surface area contributed by atoms with Gasteiger partial charge in [-0.05, 0) is 25.5 Å². The molecule has 0 unspecified atom stereocenters. The van der Waals surface area contributed by atoms with Gasteiger partial charge in [0.15, 0.2) is 10.5 Å². The van der Waals surface area contributed by atoms with Crippen LogP contribution in [-0.2, 0) is 7.05 Å². The van der Waals surface area contributed by atoms with Crippen molar-refractivity contribution in [2.45, 2.75) is 13.8 Å². The van der Waals surface area contributed by atoms with Crippen molar-refractivity contribution in [3.63, 3.8) is 0 Å². The van der Waals surface area contributed by atoms with Crippen molar-refractivity contribution < 1.29 is 9.32 Å². The highest BCUT2D eigenvalue weighted by Crippen LogP contribution is 2.28. The zero-order chi connectivity index (χ0) is 15.1. The van der Waals surface area contributed by atoms with E-state index < -0.39 is 5.91 Å². The Hall–Kier alpha value is -1.92. The van der Waals surface area contributed by atoms with Gasteiger partial charge in [0.05, 0.1) is 15.2 Å². The molecule has 0 N–H and O–H groups in total. The highest BCUT2D eigenvalue weighted by atomic mass is 35.5. The van der Waals surface area contributed by atoms with Gasteiger partial charge in [-0.25, -0.2) is 0 Å². The number of thiazole rings is 1. The predicted molar refractivity (Wildman–Crippen MR) is 81.7 cm³/mol. The first-order valence-electron chi connectivity index (χ1n) is 6.24. The Bertz CT molecular complexity index is 920. The number of halogens is 1. The maximum absolute atomic E-state index is 12.1. The lowest BCUT2D eigenvalue weighted by Gasteiger charge is -2.00. The zero-order valence-corrected chi connectivity index (χ0v) is 13.2. The summed E-state index contributed by atoms with van der Waals surface area (Å²) in [5.74, 6) is 0.149. The number of carbonyl (C=O) groups is 1. The third-order valence-electron chi connectivity index (χ3n) is 3.15. The smallest absolute Gasteiger partial charge is 0.301 e. The minimum absolute atomic E-state index is 0.202. The quantitative estimate of drug-likeness (QED) is 0.691. The van der Waals surface area contributed by atoms with Gasteiger partial charge < -0.3 is 9.09 Å². The Kier molecular flexibility index (Phi) is 3.43. The Morgan fingerprint density at radius 1 is 1.43 bits per heavy atom. The van der Waals surface area contributed by atoms with Crippen LogP contribution in [0.4, 0.5) is 0 Å². The lowest BCUT2D eigenvalue weighted by atomic mass is 10.2. The summed E-state index contributed by atoms with van der Waals surface area (Å²) in [6.07, 6.45) is 0. The number of aromatic nitrogens is 2. The van der Waals surface area contributed by atoms with E-state index in [1.165, 1.54) is 11.3 Å². The molecule has 0 fully saturated rings. The number of fused-ring (bicyclic) bond motifs is 1. The highest BCUT2D eigenvalue weighted by Gasteiger charge is 2.13. The number of benzene rings is 1. The largest absolute Gasteiger partial charge is 0.361 e. The van der Waals surface area contributed by atoms with Crippen LogP contribution in [0.3, 0.4) is 0 Å². The minimum Gasteiger partial charge on any atom is -0.361 e. The van der Waals surface area contributed by atoms with Gasteiger partial charge in [0.1, 0.15) is 5.76 Å². The van der Waals surface area contributed by atoms with E-state index in [-0.39, 0.29) is 5.69 Å². The number of hydrogen-bond acceptors (Lipinski definition) is 4. The molecule has 2 heterocycles. The molecular formula is C14H12ClN3O2S. The van der Waals surface area contributed by atoms with Crippen molar-refractivity contribution in [3.8, 4) is 0 Å². The van der Waals surface area contributed by atoms with Gasteiger partial charge in [0.2, 0.25) is 0 Å². The van der Waals surface area contributed by atoms with Crippen molar-refractivity contribution in [1.82, 2.24) is 9.72 Å². The second-order valence-corrected chi connectivity index (χ2v) is 6.11. The van der Waals surface area contributed by atoms with E-state index in [1.807, 2.05) is 30.7 Å². The number of rotatable bonds is 1. The van der Waals surface area contributed by atoms with Crippen LogP contribution in [0.1, 0.15) is 21.8 Å². The van der Waals surface area contributed by atoms with Gasteiger partial charge >= 0.3 is 5.91 Å². The molecule has 0 atom stereocenters. The van der Waals surface area contributed by atoms with Crippen LogP contribution in [0.15, 0.2) is 27.7 Å². The first kappa shape index (κ1) is 14.0. The van der Waals surface area contributed by atoms with E-state index >= 15 is 0 Å². The summed E-state index contributed by atoms with van der Waals surface area (Å²) in [5, 5.41) is 4.34. The summed E-state index contributed by atoms with van der Waals surface area (Å²) < 4.78 is 7.68. The van der Waals surface area contributed by atoms with E-state index in [2.05, 4.69) is 10.1 Å². The van der Waals surface area contributed by atoms with Crippen LogP contribution < -0.4 is 4.80 Å². The number of nitrogens with zero attached hydrogens (tertiary/aromatic N) is 3. The van der Waals surface area contributed by atoms with Gasteiger partial charge in [-0.3, -0.25) is 4.79 Å². The molecule has 3 rings (SSSR count). The van der Waals surface area contributed by atoms with Crippen LogP contribution in [0, 0.1) is 13.8 Å². The average molecular weight is 322 g/mol. The lowest BCUT2D eigenvalue weighted by molar-refractivity contribution is 0.0989. The molecule has 0 saturated heterocycles. The van der Waals surface area contributed by atoms with Crippen molar-refractivity contribution in [2.75, 3.05) is 0 Å². The second kappa shape index (κ2) is 5.13. The Morgan fingerprint density at radius 2 is 2.19 bits per heavy atom. The second-order valence-electron chi connectivity index (χ2n) is 4.73. The SMILES string of the molecule is Cc1cc(C(=O)N=c2sc3c(Cl)ccc(C)c3n2C)no1. The number of amides is 1. The summed E-state index contributed by atoms with van der Waals surface area (Å²) in [7, 11) is 1.86. The van der Waals surface area contributed by atoms with Crippen LogP contribution in [0.25, 0.3) is 10.2 Å². The fourth-order valence-corrected chi connectivity index (χ4v) is 3.49. The predicted octanol–water partition coefficient (Wildman–Crippen LogP) is 3.24. The van der Waals surface area contributed by atoms with Crippen molar-refractivity contribution in [3.05, 3.63) is 45.0 Å². The topological polar surface area (TPSA) is 60.4 Å². The third kappa shape index (κ3) is 2.41. The molecule has 3 aromatic rings. The third-order valence-corrected chi connectivity index (χ3v) is 4.74. The minimum atomic E-state index is -0.428. The number of aryl methyl sites for hydroxylation is 3. The Morgan fingerprint density at radius 3 is 2.81 bits per heavy atom. The normalized spacial score (nSPS) is 12.3. The molecule has 0 aliphatic rings. The molecule has 0 aliphatic heterocycles. The zero-order valence-electron chi connectivity index (χ0n) is 11.7. The van der Waals surface area contributed by atoms with Gasteiger partial charge in [-0.1, -0.05) is 34.2 Å². The monoisotopic (exact) mass is 321 g/mol. The average Bonchev–Trinajstić information content (AvgIpc) is 3.00. The first-order valence-corrected chi connectivity index (χ1v) is 7.44. The van der Waals surface area contributed by atoms with Crippen LogP contribution >= 0.6 is 22.9 Å². The molecular weight excluding hydrogens is 310 g/mol. The molecule has 108 valence electrons. The maximum Gasteiger partial charge on any atom is 0.301 e. The first-order chi connectivity index (χ1) is 9.97. The molecule has 1 amide bonds. The van der Waals surface area contributed by atoms with Gasteiger partial charge in [-0.15, -0.1) is 0 Å². The molecule has 0 aliphatic carbocycles. The summed E-state index contributed by atoms with van der Waals surface area (Å²) in [6.45, 7) is 3.73. The molecule has 1 aromatic carbocycles. The van der Waals surface area contributed by atoms with E-state index in [9.17, 15) is 4.79 Å². The molecule has 0 bridgehead atoms. The van der Waals surface area contributed by atoms with Crippen LogP contribution in [0.5, 0.6) is 0 Å². The van der Waals surface area contributed by atoms with Gasteiger partial charge in [0.25, 0.3) is 0 Å². The fraction of sp³-hybridized carbons (Fsp3) is 0.214.